The highest BCUT2D eigenvalue weighted by Gasteiger charge is 2.15. The summed E-state index contributed by atoms with van der Waals surface area (Å²) < 4.78 is 0. The van der Waals surface area contributed by atoms with Crippen molar-refractivity contribution in [2.75, 3.05) is 17.2 Å². The Kier molecular flexibility index (Phi) is 3.29. The summed E-state index contributed by atoms with van der Waals surface area (Å²) in [6.45, 7) is 4.66. The molecule has 21 heavy (non-hydrogen) atoms. The number of hydrogen-bond acceptors (Lipinski definition) is 3. The van der Waals surface area contributed by atoms with Gasteiger partial charge in [-0.25, -0.2) is 0 Å². The van der Waals surface area contributed by atoms with Gasteiger partial charge in [0.2, 0.25) is 0 Å². The van der Waals surface area contributed by atoms with Gasteiger partial charge in [-0.3, -0.25) is 4.79 Å². The maximum atomic E-state index is 12.3. The van der Waals surface area contributed by atoms with Gasteiger partial charge >= 0.3 is 0 Å². The average Bonchev–Trinajstić information content (AvgIpc) is 2.91. The number of nitrogens with one attached hydrogen (secondary N) is 2. The van der Waals surface area contributed by atoms with Crippen LogP contribution in [0.25, 0.3) is 0 Å². The van der Waals surface area contributed by atoms with Crippen LogP contribution in [0.3, 0.4) is 0 Å². The SMILES string of the molecule is Cc1cc(C)c(O)c(NC(=O)c2ccc3c(c2)NCC3)c1. The molecule has 0 saturated heterocycles. The zero-order valence-corrected chi connectivity index (χ0v) is 12.2. The first-order valence-corrected chi connectivity index (χ1v) is 7.03. The number of carbonyl (C=O) groups excluding carboxylic acids is 1. The molecule has 1 heterocycles. The summed E-state index contributed by atoms with van der Waals surface area (Å²) in [5.74, 6) is -0.0972. The number of aryl methyl sites for hydroxylation is 2. The highest BCUT2D eigenvalue weighted by molar-refractivity contribution is 6.05. The van der Waals surface area contributed by atoms with Gasteiger partial charge in [-0.05, 0) is 55.2 Å². The molecule has 4 nitrogen and oxygen atoms in total. The second-order valence-electron chi connectivity index (χ2n) is 5.48. The van der Waals surface area contributed by atoms with Gasteiger partial charge in [0, 0.05) is 17.8 Å². The fourth-order valence-electron chi connectivity index (χ4n) is 2.68. The predicted octanol–water partition coefficient (Wildman–Crippen LogP) is 3.23. The van der Waals surface area contributed by atoms with E-state index in [1.54, 1.807) is 6.07 Å². The van der Waals surface area contributed by atoms with Gasteiger partial charge in [0.1, 0.15) is 5.75 Å². The van der Waals surface area contributed by atoms with Gasteiger partial charge in [-0.15, -0.1) is 0 Å². The number of benzene rings is 2. The molecule has 1 amide bonds. The molecule has 0 radical (unpaired) electrons. The van der Waals surface area contributed by atoms with Crippen molar-refractivity contribution in [3.8, 4) is 5.75 Å². The molecule has 0 saturated carbocycles. The summed E-state index contributed by atoms with van der Waals surface area (Å²) in [7, 11) is 0. The number of carbonyl (C=O) groups is 1. The molecule has 0 unspecified atom stereocenters. The molecule has 2 aromatic carbocycles. The Morgan fingerprint density at radius 1 is 1.24 bits per heavy atom. The highest BCUT2D eigenvalue weighted by atomic mass is 16.3. The Bertz CT molecular complexity index is 723. The van der Waals surface area contributed by atoms with Crippen molar-refractivity contribution >= 4 is 17.3 Å². The summed E-state index contributed by atoms with van der Waals surface area (Å²) in [6.07, 6.45) is 0.995. The van der Waals surface area contributed by atoms with Crippen LogP contribution in [0.1, 0.15) is 27.0 Å². The van der Waals surface area contributed by atoms with E-state index in [9.17, 15) is 9.90 Å². The molecule has 2 aromatic rings. The molecule has 3 rings (SSSR count). The minimum atomic E-state index is -0.216. The Balaban J connectivity index is 1.87. The standard InChI is InChI=1S/C17H18N2O2/c1-10-7-11(2)16(20)15(8-10)19-17(21)13-4-3-12-5-6-18-14(12)9-13/h3-4,7-9,18,20H,5-6H2,1-2H3,(H,19,21). The molecule has 0 aliphatic carbocycles. The molecule has 0 fully saturated rings. The van der Waals surface area contributed by atoms with Crippen LogP contribution in [0.5, 0.6) is 5.75 Å². The number of fused-ring (bicyclic) bond motifs is 1. The third-order valence-corrected chi connectivity index (χ3v) is 3.77. The van der Waals surface area contributed by atoms with Gasteiger partial charge < -0.3 is 15.7 Å². The molecule has 0 atom stereocenters. The predicted molar refractivity (Wildman–Crippen MR) is 84.2 cm³/mol. The lowest BCUT2D eigenvalue weighted by molar-refractivity contribution is 0.102. The van der Waals surface area contributed by atoms with E-state index in [0.717, 1.165) is 29.8 Å². The number of hydrogen-bond donors (Lipinski definition) is 3. The number of amides is 1. The Morgan fingerprint density at radius 3 is 2.86 bits per heavy atom. The van der Waals surface area contributed by atoms with Gasteiger partial charge in [0.25, 0.3) is 5.91 Å². The van der Waals surface area contributed by atoms with Crippen LogP contribution in [0.4, 0.5) is 11.4 Å². The van der Waals surface area contributed by atoms with Crippen molar-refractivity contribution in [1.82, 2.24) is 0 Å². The number of phenolic OH excluding ortho intramolecular Hbond substituents is 1. The lowest BCUT2D eigenvalue weighted by Crippen LogP contribution is -2.12. The summed E-state index contributed by atoms with van der Waals surface area (Å²) in [4.78, 5) is 12.3. The van der Waals surface area contributed by atoms with Gasteiger partial charge in [0.15, 0.2) is 0 Å². The quantitative estimate of drug-likeness (QED) is 0.741. The second-order valence-corrected chi connectivity index (χ2v) is 5.48. The largest absolute Gasteiger partial charge is 0.505 e. The lowest BCUT2D eigenvalue weighted by atomic mass is 10.1. The van der Waals surface area contributed by atoms with E-state index in [-0.39, 0.29) is 11.7 Å². The van der Waals surface area contributed by atoms with E-state index in [1.807, 2.05) is 38.1 Å². The van der Waals surface area contributed by atoms with E-state index in [0.29, 0.717) is 11.3 Å². The fraction of sp³-hybridized carbons (Fsp3) is 0.235. The summed E-state index contributed by atoms with van der Waals surface area (Å²) >= 11 is 0. The van der Waals surface area contributed by atoms with E-state index in [1.165, 1.54) is 5.56 Å². The molecule has 108 valence electrons. The van der Waals surface area contributed by atoms with Gasteiger partial charge in [0.05, 0.1) is 5.69 Å². The van der Waals surface area contributed by atoms with E-state index < -0.39 is 0 Å². The topological polar surface area (TPSA) is 61.4 Å². The Labute approximate surface area is 123 Å². The van der Waals surface area contributed by atoms with Crippen molar-refractivity contribution in [3.63, 3.8) is 0 Å². The van der Waals surface area contributed by atoms with Crippen LogP contribution < -0.4 is 10.6 Å². The normalized spacial score (nSPS) is 12.7. The Hall–Kier alpha value is -2.49. The maximum Gasteiger partial charge on any atom is 0.255 e. The van der Waals surface area contributed by atoms with E-state index >= 15 is 0 Å². The fourth-order valence-corrected chi connectivity index (χ4v) is 2.68. The zero-order valence-electron chi connectivity index (χ0n) is 12.2. The first-order chi connectivity index (χ1) is 10.0. The average molecular weight is 282 g/mol. The molecule has 0 bridgehead atoms. The lowest BCUT2D eigenvalue weighted by Gasteiger charge is -2.11. The van der Waals surface area contributed by atoms with Gasteiger partial charge in [-0.1, -0.05) is 12.1 Å². The van der Waals surface area contributed by atoms with Crippen molar-refractivity contribution < 1.29 is 9.90 Å². The van der Waals surface area contributed by atoms with Gasteiger partial charge in [-0.2, -0.15) is 0 Å². The number of phenols is 1. The second kappa shape index (κ2) is 5.13. The molecule has 0 spiro atoms. The first kappa shape index (κ1) is 13.5. The third-order valence-electron chi connectivity index (χ3n) is 3.77. The van der Waals surface area contributed by atoms with Crippen LogP contribution in [0.15, 0.2) is 30.3 Å². The smallest absolute Gasteiger partial charge is 0.255 e. The monoisotopic (exact) mass is 282 g/mol. The molecule has 1 aliphatic heterocycles. The molecule has 4 heteroatoms. The van der Waals surface area contributed by atoms with Crippen LogP contribution >= 0.6 is 0 Å². The highest BCUT2D eigenvalue weighted by Crippen LogP contribution is 2.29. The maximum absolute atomic E-state index is 12.3. The Morgan fingerprint density at radius 2 is 2.05 bits per heavy atom. The van der Waals surface area contributed by atoms with Crippen molar-refractivity contribution in [2.24, 2.45) is 0 Å². The summed E-state index contributed by atoms with van der Waals surface area (Å²) in [6, 6.07) is 9.31. The minimum absolute atomic E-state index is 0.119. The summed E-state index contributed by atoms with van der Waals surface area (Å²) in [5.41, 5.74) is 5.04. The number of aromatic hydroxyl groups is 1. The van der Waals surface area contributed by atoms with Crippen molar-refractivity contribution in [3.05, 3.63) is 52.6 Å². The zero-order chi connectivity index (χ0) is 15.0. The molecular formula is C17H18N2O2. The summed E-state index contributed by atoms with van der Waals surface area (Å²) in [5, 5.41) is 16.1. The molecule has 3 N–H and O–H groups in total. The van der Waals surface area contributed by atoms with Crippen LogP contribution in [0.2, 0.25) is 0 Å². The van der Waals surface area contributed by atoms with Crippen molar-refractivity contribution in [2.45, 2.75) is 20.3 Å². The van der Waals surface area contributed by atoms with E-state index in [4.69, 9.17) is 0 Å². The first-order valence-electron chi connectivity index (χ1n) is 7.03. The molecule has 0 aromatic heterocycles. The number of anilines is 2. The van der Waals surface area contributed by atoms with Crippen molar-refractivity contribution in [1.29, 1.82) is 0 Å². The molecular weight excluding hydrogens is 264 g/mol. The van der Waals surface area contributed by atoms with Crippen LogP contribution in [-0.4, -0.2) is 17.6 Å². The molecule has 1 aliphatic rings. The third kappa shape index (κ3) is 2.57. The number of rotatable bonds is 2. The van der Waals surface area contributed by atoms with E-state index in [2.05, 4.69) is 10.6 Å². The minimum Gasteiger partial charge on any atom is -0.505 e. The van der Waals surface area contributed by atoms with Crippen LogP contribution in [0, 0.1) is 13.8 Å². The van der Waals surface area contributed by atoms with Crippen LogP contribution in [-0.2, 0) is 6.42 Å².